The van der Waals surface area contributed by atoms with Gasteiger partial charge in [0.05, 0.1) is 6.26 Å². The van der Waals surface area contributed by atoms with Gasteiger partial charge in [-0.2, -0.15) is 0 Å². The summed E-state index contributed by atoms with van der Waals surface area (Å²) in [6, 6.07) is 0. The lowest BCUT2D eigenvalue weighted by Crippen LogP contribution is -2.13. The van der Waals surface area contributed by atoms with Gasteiger partial charge in [-0.05, 0) is 30.3 Å². The third kappa shape index (κ3) is 2.40. The molecule has 12 heavy (non-hydrogen) atoms. The summed E-state index contributed by atoms with van der Waals surface area (Å²) in [6.07, 6.45) is 6.36. The van der Waals surface area contributed by atoms with Gasteiger partial charge in [0.2, 0.25) is 0 Å². The largest absolute Gasteiger partial charge is 0.497 e. The fourth-order valence-electron chi connectivity index (χ4n) is 1.58. The Morgan fingerprint density at radius 1 is 1.67 bits per heavy atom. The van der Waals surface area contributed by atoms with Gasteiger partial charge in [-0.15, -0.1) is 0 Å². The molecule has 0 saturated heterocycles. The zero-order chi connectivity index (χ0) is 8.97. The van der Waals surface area contributed by atoms with Crippen LogP contribution in [0.2, 0.25) is 0 Å². The van der Waals surface area contributed by atoms with Crippen LogP contribution in [0.5, 0.6) is 0 Å². The topological polar surface area (TPSA) is 9.23 Å². The Hall–Kier alpha value is -0.720. The Labute approximate surface area is 75.1 Å². The van der Waals surface area contributed by atoms with Gasteiger partial charge in [0, 0.05) is 0 Å². The summed E-state index contributed by atoms with van der Waals surface area (Å²) in [7, 11) is 0. The van der Waals surface area contributed by atoms with Crippen LogP contribution in [0.1, 0.15) is 26.7 Å². The Bertz CT molecular complexity index is 181. The maximum atomic E-state index is 5.15. The Morgan fingerprint density at radius 3 is 3.00 bits per heavy atom. The van der Waals surface area contributed by atoms with Crippen molar-refractivity contribution in [1.82, 2.24) is 0 Å². The molecule has 1 aliphatic carbocycles. The van der Waals surface area contributed by atoms with Crippen LogP contribution >= 0.6 is 0 Å². The molecule has 2 atom stereocenters. The smallest absolute Gasteiger partial charge is 0.108 e. The zero-order valence-electron chi connectivity index (χ0n) is 8.05. The summed E-state index contributed by atoms with van der Waals surface area (Å²) in [4.78, 5) is 0. The molecule has 0 heterocycles. The molecular weight excluding hydrogens is 148 g/mol. The molecule has 0 aliphatic heterocycles. The molecule has 0 spiro atoms. The summed E-state index contributed by atoms with van der Waals surface area (Å²) < 4.78 is 5.15. The van der Waals surface area contributed by atoms with E-state index in [-0.39, 0.29) is 0 Å². The molecule has 0 fully saturated rings. The van der Waals surface area contributed by atoms with Gasteiger partial charge >= 0.3 is 0 Å². The van der Waals surface area contributed by atoms with E-state index in [0.29, 0.717) is 5.92 Å². The van der Waals surface area contributed by atoms with E-state index in [4.69, 9.17) is 4.74 Å². The normalized spacial score (nSPS) is 29.3. The first-order valence-electron chi connectivity index (χ1n) is 4.66. The Kier molecular flexibility index (Phi) is 3.39. The van der Waals surface area contributed by atoms with Crippen molar-refractivity contribution in [2.24, 2.45) is 11.8 Å². The van der Waals surface area contributed by atoms with Crippen LogP contribution in [0.25, 0.3) is 0 Å². The van der Waals surface area contributed by atoms with Crippen molar-refractivity contribution < 1.29 is 4.74 Å². The highest BCUT2D eigenvalue weighted by Crippen LogP contribution is 2.27. The van der Waals surface area contributed by atoms with Crippen LogP contribution in [0.3, 0.4) is 0 Å². The third-order valence-corrected chi connectivity index (χ3v) is 2.70. The summed E-state index contributed by atoms with van der Waals surface area (Å²) in [5, 5.41) is 0. The summed E-state index contributed by atoms with van der Waals surface area (Å²) >= 11 is 0. The van der Waals surface area contributed by atoms with E-state index in [2.05, 4.69) is 26.5 Å². The van der Waals surface area contributed by atoms with E-state index in [0.717, 1.165) is 12.5 Å². The molecule has 0 amide bonds. The molecule has 0 N–H and O–H groups in total. The zero-order valence-corrected chi connectivity index (χ0v) is 8.05. The Morgan fingerprint density at radius 2 is 2.42 bits per heavy atom. The average Bonchev–Trinajstić information content (AvgIpc) is 2.07. The molecule has 0 aromatic carbocycles. The quantitative estimate of drug-likeness (QED) is 0.462. The van der Waals surface area contributed by atoms with Crippen LogP contribution in [0.15, 0.2) is 24.5 Å². The highest BCUT2D eigenvalue weighted by Gasteiger charge is 2.16. The highest BCUT2D eigenvalue weighted by atomic mass is 16.5. The van der Waals surface area contributed by atoms with E-state index >= 15 is 0 Å². The molecule has 1 nitrogen and oxygen atoms in total. The van der Waals surface area contributed by atoms with Crippen LogP contribution in [-0.4, -0.2) is 6.61 Å². The van der Waals surface area contributed by atoms with Gasteiger partial charge < -0.3 is 4.74 Å². The first-order chi connectivity index (χ1) is 5.74. The second-order valence-electron chi connectivity index (χ2n) is 3.68. The first-order valence-corrected chi connectivity index (χ1v) is 4.66. The van der Waals surface area contributed by atoms with Crippen molar-refractivity contribution in [2.45, 2.75) is 26.7 Å². The Balaban J connectivity index is 2.44. The van der Waals surface area contributed by atoms with Crippen molar-refractivity contribution in [3.05, 3.63) is 24.5 Å². The molecular formula is C11H18O. The average molecular weight is 166 g/mol. The van der Waals surface area contributed by atoms with Gasteiger partial charge in [-0.1, -0.05) is 26.5 Å². The first kappa shape index (κ1) is 9.37. The second kappa shape index (κ2) is 4.34. The molecule has 1 rings (SSSR count). The number of ether oxygens (including phenoxy) is 1. The highest BCUT2D eigenvalue weighted by molar-refractivity contribution is 5.09. The van der Waals surface area contributed by atoms with Crippen molar-refractivity contribution in [1.29, 1.82) is 0 Å². The van der Waals surface area contributed by atoms with E-state index in [1.165, 1.54) is 24.7 Å². The minimum atomic E-state index is 0.710. The number of allylic oxidation sites excluding steroid dienone is 1. The number of hydrogen-bond donors (Lipinski definition) is 0. The number of rotatable bonds is 3. The van der Waals surface area contributed by atoms with Gasteiger partial charge in [0.1, 0.15) is 6.61 Å². The molecule has 0 radical (unpaired) electrons. The van der Waals surface area contributed by atoms with Crippen LogP contribution in [-0.2, 0) is 4.74 Å². The minimum Gasteiger partial charge on any atom is -0.497 e. The molecule has 68 valence electrons. The summed E-state index contributed by atoms with van der Waals surface area (Å²) in [5.41, 5.74) is 1.43. The van der Waals surface area contributed by atoms with E-state index in [1.807, 2.05) is 0 Å². The predicted molar refractivity (Wildman–Crippen MR) is 51.8 cm³/mol. The van der Waals surface area contributed by atoms with Gasteiger partial charge in [0.25, 0.3) is 0 Å². The molecule has 0 aromatic heterocycles. The third-order valence-electron chi connectivity index (χ3n) is 2.70. The summed E-state index contributed by atoms with van der Waals surface area (Å²) in [5.74, 6) is 1.54. The molecule has 0 bridgehead atoms. The van der Waals surface area contributed by atoms with Crippen LogP contribution in [0, 0.1) is 11.8 Å². The lowest BCUT2D eigenvalue weighted by molar-refractivity contribution is 0.267. The molecule has 0 saturated carbocycles. The van der Waals surface area contributed by atoms with E-state index in [1.54, 1.807) is 0 Å². The SMILES string of the molecule is C=COCC1=CC(C)C(C)CC1. The van der Waals surface area contributed by atoms with Gasteiger partial charge in [-0.25, -0.2) is 0 Å². The molecule has 0 aromatic rings. The minimum absolute atomic E-state index is 0.710. The standard InChI is InChI=1S/C11H18O/c1-4-12-8-11-6-5-9(2)10(3)7-11/h4,7,9-10H,1,5-6,8H2,2-3H3. The van der Waals surface area contributed by atoms with E-state index < -0.39 is 0 Å². The van der Waals surface area contributed by atoms with Crippen LogP contribution in [0.4, 0.5) is 0 Å². The molecule has 1 aliphatic rings. The monoisotopic (exact) mass is 166 g/mol. The molecule has 1 heteroatoms. The van der Waals surface area contributed by atoms with Crippen LogP contribution < -0.4 is 0 Å². The second-order valence-corrected chi connectivity index (χ2v) is 3.68. The fraction of sp³-hybridized carbons (Fsp3) is 0.636. The van der Waals surface area contributed by atoms with Crippen molar-refractivity contribution in [3.63, 3.8) is 0 Å². The van der Waals surface area contributed by atoms with Crippen molar-refractivity contribution in [3.8, 4) is 0 Å². The van der Waals surface area contributed by atoms with Crippen molar-refractivity contribution >= 4 is 0 Å². The maximum absolute atomic E-state index is 5.15. The lowest BCUT2D eigenvalue weighted by Gasteiger charge is -2.24. The van der Waals surface area contributed by atoms with Crippen molar-refractivity contribution in [2.75, 3.05) is 6.61 Å². The van der Waals surface area contributed by atoms with Gasteiger partial charge in [-0.3, -0.25) is 0 Å². The number of hydrogen-bond acceptors (Lipinski definition) is 1. The lowest BCUT2D eigenvalue weighted by atomic mass is 9.83. The summed E-state index contributed by atoms with van der Waals surface area (Å²) in [6.45, 7) is 8.85. The predicted octanol–water partition coefficient (Wildman–Crippen LogP) is 3.14. The maximum Gasteiger partial charge on any atom is 0.108 e. The molecule has 2 unspecified atom stereocenters. The van der Waals surface area contributed by atoms with Gasteiger partial charge in [0.15, 0.2) is 0 Å². The fourth-order valence-corrected chi connectivity index (χ4v) is 1.58. The van der Waals surface area contributed by atoms with E-state index in [9.17, 15) is 0 Å².